The van der Waals surface area contributed by atoms with Crippen molar-refractivity contribution >= 4 is 12.4 Å². The molecule has 0 saturated heterocycles. The van der Waals surface area contributed by atoms with E-state index in [1.165, 1.54) is 12.0 Å². The molecule has 0 fully saturated rings. The fraction of sp³-hybridized carbons (Fsp3) is 0.176. The number of aliphatic carboxylic acids is 1. The molecule has 0 aliphatic rings. The average molecular weight is 539 g/mol. The Hall–Kier alpha value is -3.62. The first-order valence-electron chi connectivity index (χ1n) is 6.62. The van der Waals surface area contributed by atoms with Crippen LogP contribution in [0.15, 0.2) is 48.5 Å². The third kappa shape index (κ3) is 3.70. The number of nitrogens with one attached hydrogen (secondary N) is 1. The molecule has 22 heavy (non-hydrogen) atoms. The van der Waals surface area contributed by atoms with Gasteiger partial charge in [-0.05, 0) is 29.2 Å². The number of hydrogen-bond donors (Lipinski definition) is 2. The molecule has 0 aromatic heterocycles. The first-order chi connectivity index (χ1) is 10.1. The molecule has 2 rings (SSSR count). The standard InChI is InChI=1S/C17H16NO3.Fm/c1-12-4-2-3-5-15(12)14-8-6-13(7-9-14)10-16(17(20)21)18-11-19;/h2-9,16H,10H2,1H3,(H,18,19)(H,20,21);/q-1;. The molecule has 2 N–H and O–H groups in total. The zero-order chi connectivity index (χ0) is 15.2. The summed E-state index contributed by atoms with van der Waals surface area (Å²) in [6.07, 6.45) is 1.67. The third-order valence-corrected chi connectivity index (χ3v) is 3.38. The maximum absolute atomic E-state index is 11.0. The Morgan fingerprint density at radius 3 is 2.36 bits per heavy atom. The molecule has 1 unspecified atom stereocenters. The molecule has 0 aliphatic heterocycles. The molecule has 0 radical (unpaired) electrons. The van der Waals surface area contributed by atoms with Crippen LogP contribution >= 0.6 is 0 Å². The summed E-state index contributed by atoms with van der Waals surface area (Å²) in [7, 11) is 0. The Kier molecular flexibility index (Phi) is 5.41. The van der Waals surface area contributed by atoms with Gasteiger partial charge in [0.1, 0.15) is 6.04 Å². The zero-order valence-electron chi connectivity index (χ0n) is 12.0. The Morgan fingerprint density at radius 1 is 1.18 bits per heavy atom. The van der Waals surface area contributed by atoms with Crippen molar-refractivity contribution < 1.29 is 14.7 Å². The molecule has 0 bridgehead atoms. The summed E-state index contributed by atoms with van der Waals surface area (Å²) in [6, 6.07) is 14.8. The van der Waals surface area contributed by atoms with E-state index < -0.39 is 12.0 Å². The summed E-state index contributed by atoms with van der Waals surface area (Å²) < 4.78 is 0. The van der Waals surface area contributed by atoms with Crippen molar-refractivity contribution in [1.82, 2.24) is 5.32 Å². The number of hydrogen-bond acceptors (Lipinski definition) is 2. The molecule has 120 valence electrons. The molecule has 4 nitrogen and oxygen atoms in total. The van der Waals surface area contributed by atoms with Crippen LogP contribution in [0.1, 0.15) is 11.1 Å². The molecule has 0 saturated carbocycles. The summed E-state index contributed by atoms with van der Waals surface area (Å²) in [5.74, 6) is -1.07. The van der Waals surface area contributed by atoms with Gasteiger partial charge in [0.15, 0.2) is 0 Å². The van der Waals surface area contributed by atoms with E-state index in [9.17, 15) is 9.59 Å². The second kappa shape index (κ2) is 7.24. The zero-order valence-corrected chi connectivity index (χ0v) is 14.4. The van der Waals surface area contributed by atoms with Crippen LogP contribution in [-0.2, 0) is 16.0 Å². The minimum atomic E-state index is -1.07. The van der Waals surface area contributed by atoms with Crippen molar-refractivity contribution in [2.45, 2.75) is 19.4 Å². The Labute approximate surface area is 123 Å². The minimum Gasteiger partial charge on any atom is -0.520 e. The molecule has 1 atom stereocenters. The quantitative estimate of drug-likeness (QED) is 0.438. The van der Waals surface area contributed by atoms with Crippen molar-refractivity contribution in [3.63, 3.8) is 0 Å². The van der Waals surface area contributed by atoms with E-state index in [4.69, 9.17) is 5.11 Å². The summed E-state index contributed by atoms with van der Waals surface area (Å²) in [4.78, 5) is 21.3. The van der Waals surface area contributed by atoms with Gasteiger partial charge in [0, 0.05) is 6.42 Å². The fourth-order valence-electron chi connectivity index (χ4n) is 2.22. The number of amides is 1. The second-order valence-electron chi connectivity index (χ2n) is 4.85. The Morgan fingerprint density at radius 2 is 1.82 bits per heavy atom. The van der Waals surface area contributed by atoms with Crippen LogP contribution in [0.25, 0.3) is 11.1 Å². The van der Waals surface area contributed by atoms with Gasteiger partial charge in [-0.25, -0.2) is 0 Å². The van der Waals surface area contributed by atoms with E-state index in [0.29, 0.717) is 0 Å². The molecule has 0 aliphatic carbocycles. The van der Waals surface area contributed by atoms with Crippen LogP contribution in [0.5, 0.6) is 0 Å². The largest absolute Gasteiger partial charge is 0.520 e. The second-order valence-corrected chi connectivity index (χ2v) is 4.85. The number of carbonyl (C=O) groups excluding carboxylic acids is 1. The average Bonchev–Trinajstić information content (AvgIpc) is 2.48. The van der Waals surface area contributed by atoms with Gasteiger partial charge in [-0.1, -0.05) is 48.5 Å². The van der Waals surface area contributed by atoms with Crippen LogP contribution in [0.2, 0.25) is 0 Å². The monoisotopic (exact) mass is 539 g/mol. The van der Waals surface area contributed by atoms with E-state index in [1.807, 2.05) is 55.5 Å². The third-order valence-electron chi connectivity index (χ3n) is 3.38. The van der Waals surface area contributed by atoms with Crippen LogP contribution < -0.4 is 5.32 Å². The van der Waals surface area contributed by atoms with Crippen molar-refractivity contribution in [3.8, 4) is 11.1 Å². The molecular formula is C17H16FmNO3-. The van der Waals surface area contributed by atoms with Gasteiger partial charge in [-0.3, -0.25) is 4.79 Å². The van der Waals surface area contributed by atoms with Crippen LogP contribution in [0, 0.1) is 6.92 Å². The van der Waals surface area contributed by atoms with E-state index in [-0.39, 0.29) is 6.42 Å². The van der Waals surface area contributed by atoms with Gasteiger partial charge in [0.2, 0.25) is 0 Å². The summed E-state index contributed by atoms with van der Waals surface area (Å²) in [5, 5.41) is 11.2. The Bertz CT molecular complexity index is 641. The number of carboxylic acids is 1. The van der Waals surface area contributed by atoms with E-state index in [1.54, 1.807) is 0 Å². The SMILES string of the molecule is Cc1ccccc1-c1ccc(CC(N[C-]=O)C(=O)O)cc1.[Fm]. The van der Waals surface area contributed by atoms with Gasteiger partial charge in [0.05, 0.1) is 0 Å². The minimum absolute atomic E-state index is 0. The molecule has 0 spiro atoms. The summed E-state index contributed by atoms with van der Waals surface area (Å²) in [6.45, 7) is 2.05. The molecule has 2 aromatic carbocycles. The topological polar surface area (TPSA) is 66.4 Å². The van der Waals surface area contributed by atoms with Gasteiger partial charge in [-0.2, -0.15) is 6.41 Å². The molecule has 0 heterocycles. The van der Waals surface area contributed by atoms with Crippen LogP contribution in [-0.4, -0.2) is 23.5 Å². The van der Waals surface area contributed by atoms with Gasteiger partial charge in [-0.15, -0.1) is 0 Å². The predicted octanol–water partition coefficient (Wildman–Crippen LogP) is 2.31. The summed E-state index contributed by atoms with van der Waals surface area (Å²) in [5.41, 5.74) is 4.27. The molecule has 1 amide bonds. The summed E-state index contributed by atoms with van der Waals surface area (Å²) >= 11 is 0. The maximum Gasteiger partial charge on any atom is 0.323 e. The van der Waals surface area contributed by atoms with Crippen molar-refractivity contribution in [2.24, 2.45) is 0 Å². The van der Waals surface area contributed by atoms with Crippen LogP contribution in [0.3, 0.4) is 0 Å². The van der Waals surface area contributed by atoms with Gasteiger partial charge >= 0.3 is 5.97 Å². The first kappa shape index (κ1) is 16.4. The van der Waals surface area contributed by atoms with E-state index in [0.717, 1.165) is 16.7 Å². The van der Waals surface area contributed by atoms with Crippen LogP contribution in [0.4, 0.5) is 0 Å². The van der Waals surface area contributed by atoms with Gasteiger partial charge < -0.3 is 15.2 Å². The van der Waals surface area contributed by atoms with E-state index in [2.05, 4.69) is 5.32 Å². The fourth-order valence-corrected chi connectivity index (χ4v) is 2.22. The normalized spacial score (nSPS) is 11.1. The molecular weight excluding hydrogens is 523 g/mol. The predicted molar refractivity (Wildman–Crippen MR) is 80.6 cm³/mol. The number of carboxylic acid groups (broad SMARTS) is 1. The number of aryl methyl sites for hydroxylation is 1. The number of benzene rings is 2. The number of carbonyl (C=O) groups is 1. The van der Waals surface area contributed by atoms with Crippen molar-refractivity contribution in [1.29, 1.82) is 0 Å². The Balaban J connectivity index is 0.00000242. The van der Waals surface area contributed by atoms with Crippen molar-refractivity contribution in [2.75, 3.05) is 0 Å². The first-order valence-corrected chi connectivity index (χ1v) is 6.62. The van der Waals surface area contributed by atoms with E-state index >= 15 is 0 Å². The van der Waals surface area contributed by atoms with Crippen molar-refractivity contribution in [3.05, 3.63) is 59.7 Å². The number of rotatable bonds is 6. The maximum atomic E-state index is 11.0. The van der Waals surface area contributed by atoms with Gasteiger partial charge in [0.25, 0.3) is 0 Å². The molecule has 2 aromatic rings. The smallest absolute Gasteiger partial charge is 0.323 e. The molecule has 5 heteroatoms.